The average Bonchev–Trinajstić information content (AvgIpc) is 2.23. The van der Waals surface area contributed by atoms with Crippen LogP contribution in [0.15, 0.2) is 0 Å². The number of alkyl halides is 2. The van der Waals surface area contributed by atoms with Gasteiger partial charge < -0.3 is 0 Å². The second-order valence-corrected chi connectivity index (χ2v) is 3.84. The first kappa shape index (κ1) is 16.7. The van der Waals surface area contributed by atoms with Gasteiger partial charge in [0.05, 0.1) is 0 Å². The van der Waals surface area contributed by atoms with Crippen LogP contribution in [-0.2, 0) is 4.79 Å². The van der Waals surface area contributed by atoms with Gasteiger partial charge >= 0.3 is 0 Å². The highest BCUT2D eigenvalue weighted by Gasteiger charge is 1.93. The summed E-state index contributed by atoms with van der Waals surface area (Å²) in [5.74, 6) is 1.88. The predicted molar refractivity (Wildman–Crippen MR) is 65.5 cm³/mol. The Balaban J connectivity index is 0. The van der Waals surface area contributed by atoms with Crippen LogP contribution in [0.4, 0.5) is 0 Å². The molecule has 0 bridgehead atoms. The molecule has 0 saturated heterocycles. The van der Waals surface area contributed by atoms with E-state index in [-0.39, 0.29) is 0 Å². The second-order valence-electron chi connectivity index (χ2n) is 3.08. The molecule has 0 aromatic rings. The molecular formula is C11H22Cl2O. The largest absolute Gasteiger partial charge is 0.300 e. The number of halogens is 2. The van der Waals surface area contributed by atoms with Crippen LogP contribution in [0.3, 0.4) is 0 Å². The van der Waals surface area contributed by atoms with Gasteiger partial charge in [-0.05, 0) is 19.3 Å². The summed E-state index contributed by atoms with van der Waals surface area (Å²) in [6.07, 6.45) is 5.78. The predicted octanol–water partition coefficient (Wildman–Crippen LogP) is 4.40. The van der Waals surface area contributed by atoms with Crippen LogP contribution in [0.25, 0.3) is 0 Å². The van der Waals surface area contributed by atoms with Gasteiger partial charge in [0.2, 0.25) is 0 Å². The van der Waals surface area contributed by atoms with E-state index in [4.69, 9.17) is 23.2 Å². The fourth-order valence-corrected chi connectivity index (χ4v) is 1.12. The van der Waals surface area contributed by atoms with Crippen LogP contribution in [0, 0.1) is 0 Å². The van der Waals surface area contributed by atoms with E-state index in [2.05, 4.69) is 6.92 Å². The summed E-state index contributed by atoms with van der Waals surface area (Å²) in [5.41, 5.74) is 0. The van der Waals surface area contributed by atoms with Crippen LogP contribution in [-0.4, -0.2) is 17.5 Å². The Kier molecular flexibility index (Phi) is 18.7. The molecule has 0 aliphatic carbocycles. The summed E-state index contributed by atoms with van der Waals surface area (Å²) >= 11 is 10.6. The van der Waals surface area contributed by atoms with Gasteiger partial charge in [0.25, 0.3) is 0 Å². The van der Waals surface area contributed by atoms with Crippen molar-refractivity contribution in [1.29, 1.82) is 0 Å². The molecule has 0 aromatic carbocycles. The molecular weight excluding hydrogens is 219 g/mol. The van der Waals surface area contributed by atoms with Gasteiger partial charge in [0.15, 0.2) is 0 Å². The van der Waals surface area contributed by atoms with Crippen molar-refractivity contribution >= 4 is 29.0 Å². The highest BCUT2D eigenvalue weighted by molar-refractivity contribution is 6.18. The minimum atomic E-state index is 0.395. The van der Waals surface area contributed by atoms with Gasteiger partial charge in [-0.15, -0.1) is 23.2 Å². The smallest absolute Gasteiger partial charge is 0.132 e. The van der Waals surface area contributed by atoms with Crippen molar-refractivity contribution in [3.8, 4) is 0 Å². The average molecular weight is 241 g/mol. The highest BCUT2D eigenvalue weighted by Crippen LogP contribution is 1.96. The van der Waals surface area contributed by atoms with Crippen LogP contribution in [0.1, 0.15) is 52.4 Å². The van der Waals surface area contributed by atoms with Gasteiger partial charge in [-0.25, -0.2) is 0 Å². The highest BCUT2D eigenvalue weighted by atomic mass is 35.5. The molecule has 0 amide bonds. The topological polar surface area (TPSA) is 17.1 Å². The molecule has 0 radical (unpaired) electrons. The van der Waals surface area contributed by atoms with Crippen molar-refractivity contribution in [3.05, 3.63) is 0 Å². The van der Waals surface area contributed by atoms with Crippen molar-refractivity contribution in [2.24, 2.45) is 0 Å². The Morgan fingerprint density at radius 2 is 1.50 bits per heavy atom. The molecule has 0 rings (SSSR count). The molecule has 0 heterocycles. The summed E-state index contributed by atoms with van der Waals surface area (Å²) in [7, 11) is 0. The Labute approximate surface area is 98.2 Å². The minimum absolute atomic E-state index is 0.395. The molecule has 0 aliphatic heterocycles. The van der Waals surface area contributed by atoms with Crippen molar-refractivity contribution in [2.75, 3.05) is 11.8 Å². The summed E-state index contributed by atoms with van der Waals surface area (Å²) in [4.78, 5) is 10.6. The van der Waals surface area contributed by atoms with E-state index in [9.17, 15) is 4.79 Å². The number of carbonyl (C=O) groups is 1. The zero-order chi connectivity index (χ0) is 11.2. The molecule has 0 N–H and O–H groups in total. The maximum absolute atomic E-state index is 10.6. The monoisotopic (exact) mass is 240 g/mol. The molecule has 1 nitrogen and oxygen atoms in total. The van der Waals surface area contributed by atoms with E-state index in [1.165, 1.54) is 0 Å². The van der Waals surface area contributed by atoms with Gasteiger partial charge in [0, 0.05) is 24.6 Å². The summed E-state index contributed by atoms with van der Waals surface area (Å²) < 4.78 is 0. The van der Waals surface area contributed by atoms with Crippen LogP contribution in [0.5, 0.6) is 0 Å². The number of ketones is 1. The van der Waals surface area contributed by atoms with E-state index in [0.717, 1.165) is 43.9 Å². The third-order valence-electron chi connectivity index (χ3n) is 1.72. The van der Waals surface area contributed by atoms with E-state index in [1.807, 2.05) is 6.92 Å². The molecule has 0 unspecified atom stereocenters. The van der Waals surface area contributed by atoms with E-state index in [1.54, 1.807) is 0 Å². The molecule has 0 spiro atoms. The minimum Gasteiger partial charge on any atom is -0.300 e. The van der Waals surface area contributed by atoms with Gasteiger partial charge in [-0.3, -0.25) is 4.79 Å². The van der Waals surface area contributed by atoms with Crippen LogP contribution < -0.4 is 0 Å². The first-order chi connectivity index (χ1) is 6.72. The van der Waals surface area contributed by atoms with Gasteiger partial charge in [-0.2, -0.15) is 0 Å². The SMILES string of the molecule is CCCCC(=O)CC.ClCCCCCl. The van der Waals surface area contributed by atoms with E-state index < -0.39 is 0 Å². The molecule has 0 saturated carbocycles. The Hall–Kier alpha value is 0.250. The lowest BCUT2D eigenvalue weighted by atomic mass is 10.1. The number of Topliss-reactive ketones (excluding diaryl/α,β-unsaturated/α-hetero) is 1. The number of carbonyl (C=O) groups excluding carboxylic acids is 1. The fraction of sp³-hybridized carbons (Fsp3) is 0.909. The van der Waals surface area contributed by atoms with Gasteiger partial charge in [0.1, 0.15) is 5.78 Å². The normalized spacial score (nSPS) is 9.14. The first-order valence-electron chi connectivity index (χ1n) is 5.36. The van der Waals surface area contributed by atoms with Crippen molar-refractivity contribution < 1.29 is 4.79 Å². The maximum atomic E-state index is 10.6. The quantitative estimate of drug-likeness (QED) is 0.477. The fourth-order valence-electron chi connectivity index (χ4n) is 0.740. The van der Waals surface area contributed by atoms with Gasteiger partial charge in [-0.1, -0.05) is 20.3 Å². The van der Waals surface area contributed by atoms with E-state index in [0.29, 0.717) is 12.2 Å². The number of hydrogen-bond donors (Lipinski definition) is 0. The molecule has 3 heteroatoms. The lowest BCUT2D eigenvalue weighted by Crippen LogP contribution is -1.92. The molecule has 0 atom stereocenters. The van der Waals surface area contributed by atoms with Crippen molar-refractivity contribution in [2.45, 2.75) is 52.4 Å². The maximum Gasteiger partial charge on any atom is 0.132 e. The van der Waals surface area contributed by atoms with Crippen LogP contribution in [0.2, 0.25) is 0 Å². The summed E-state index contributed by atoms with van der Waals surface area (Å²) in [6.45, 7) is 4.01. The third-order valence-corrected chi connectivity index (χ3v) is 2.26. The Morgan fingerprint density at radius 1 is 1.00 bits per heavy atom. The molecule has 0 fully saturated rings. The Morgan fingerprint density at radius 3 is 1.79 bits per heavy atom. The van der Waals surface area contributed by atoms with Crippen molar-refractivity contribution in [3.63, 3.8) is 0 Å². The Bertz CT molecular complexity index is 112. The second kappa shape index (κ2) is 15.7. The standard InChI is InChI=1S/C7H14O.C4H8Cl2/c1-3-5-6-7(8)4-2;5-3-1-2-4-6/h3-6H2,1-2H3;1-4H2. The van der Waals surface area contributed by atoms with Crippen molar-refractivity contribution in [1.82, 2.24) is 0 Å². The van der Waals surface area contributed by atoms with Crippen LogP contribution >= 0.6 is 23.2 Å². The number of rotatable bonds is 7. The third kappa shape index (κ3) is 18.1. The van der Waals surface area contributed by atoms with E-state index >= 15 is 0 Å². The first-order valence-corrected chi connectivity index (χ1v) is 6.43. The zero-order valence-electron chi connectivity index (χ0n) is 9.32. The lowest BCUT2D eigenvalue weighted by Gasteiger charge is -1.91. The zero-order valence-corrected chi connectivity index (χ0v) is 10.8. The summed E-state index contributed by atoms with van der Waals surface area (Å²) in [6, 6.07) is 0. The molecule has 14 heavy (non-hydrogen) atoms. The summed E-state index contributed by atoms with van der Waals surface area (Å²) in [5, 5.41) is 0. The molecule has 86 valence electrons. The number of unbranched alkanes of at least 4 members (excludes halogenated alkanes) is 2. The lowest BCUT2D eigenvalue weighted by molar-refractivity contribution is -0.118. The molecule has 0 aromatic heterocycles. The molecule has 0 aliphatic rings. The number of hydrogen-bond acceptors (Lipinski definition) is 1.